The molecule has 0 radical (unpaired) electrons. The highest BCUT2D eigenvalue weighted by Crippen LogP contribution is 2.27. The average molecular weight is 268 g/mol. The zero-order chi connectivity index (χ0) is 14.6. The number of aliphatic carboxylic acids is 1. The number of carbonyl (C=O) groups is 2. The highest BCUT2D eigenvalue weighted by atomic mass is 16.6. The van der Waals surface area contributed by atoms with E-state index < -0.39 is 23.6 Å². The number of carbonyl (C=O) groups excluding carboxylic acids is 1. The molecule has 0 saturated carbocycles. The Balaban J connectivity index is 2.69. The normalized spacial score (nSPS) is 23.6. The maximum absolute atomic E-state index is 11.9. The van der Waals surface area contributed by atoms with Gasteiger partial charge in [-0.3, -0.25) is 4.79 Å². The van der Waals surface area contributed by atoms with Gasteiger partial charge in [0.2, 0.25) is 0 Å². The molecular formula is C13H20N2O4. The van der Waals surface area contributed by atoms with Crippen molar-refractivity contribution in [1.82, 2.24) is 4.90 Å². The lowest BCUT2D eigenvalue weighted by atomic mass is 9.84. The zero-order valence-electron chi connectivity index (χ0n) is 11.5. The Kier molecular flexibility index (Phi) is 4.76. The van der Waals surface area contributed by atoms with E-state index in [2.05, 4.69) is 0 Å². The highest BCUT2D eigenvalue weighted by Gasteiger charge is 2.37. The van der Waals surface area contributed by atoms with Crippen molar-refractivity contribution in [1.29, 1.82) is 5.26 Å². The molecule has 1 aliphatic heterocycles. The monoisotopic (exact) mass is 268 g/mol. The summed E-state index contributed by atoms with van der Waals surface area (Å²) in [5.74, 6) is -1.85. The lowest BCUT2D eigenvalue weighted by Crippen LogP contribution is -2.48. The fourth-order valence-electron chi connectivity index (χ4n) is 2.13. The van der Waals surface area contributed by atoms with Crippen molar-refractivity contribution in [3.63, 3.8) is 0 Å². The third-order valence-electron chi connectivity index (χ3n) is 3.08. The van der Waals surface area contributed by atoms with Crippen molar-refractivity contribution in [3.05, 3.63) is 0 Å². The van der Waals surface area contributed by atoms with Crippen molar-refractivity contribution in [2.45, 2.75) is 39.2 Å². The van der Waals surface area contributed by atoms with E-state index in [1.165, 1.54) is 4.90 Å². The number of carboxylic acid groups (broad SMARTS) is 1. The molecule has 0 bridgehead atoms. The second kappa shape index (κ2) is 5.91. The highest BCUT2D eigenvalue weighted by molar-refractivity contribution is 5.73. The number of ether oxygens (including phenoxy) is 1. The summed E-state index contributed by atoms with van der Waals surface area (Å²) < 4.78 is 5.23. The molecule has 1 aliphatic rings. The van der Waals surface area contributed by atoms with Gasteiger partial charge in [-0.05, 0) is 33.1 Å². The van der Waals surface area contributed by atoms with Crippen molar-refractivity contribution in [3.8, 4) is 6.07 Å². The number of hydrogen-bond donors (Lipinski definition) is 1. The van der Waals surface area contributed by atoms with Gasteiger partial charge in [-0.15, -0.1) is 0 Å². The largest absolute Gasteiger partial charge is 0.481 e. The maximum atomic E-state index is 11.9. The number of carboxylic acids is 1. The van der Waals surface area contributed by atoms with Gasteiger partial charge in [0.1, 0.15) is 5.60 Å². The van der Waals surface area contributed by atoms with E-state index in [9.17, 15) is 14.7 Å². The van der Waals surface area contributed by atoms with E-state index >= 15 is 0 Å². The molecule has 6 nitrogen and oxygen atoms in total. The van der Waals surface area contributed by atoms with Crippen LogP contribution < -0.4 is 0 Å². The lowest BCUT2D eigenvalue weighted by Gasteiger charge is -2.36. The molecule has 6 heteroatoms. The molecule has 1 saturated heterocycles. The molecule has 0 aromatic rings. The molecule has 0 aliphatic carbocycles. The van der Waals surface area contributed by atoms with Gasteiger partial charge in [0, 0.05) is 19.5 Å². The fourth-order valence-corrected chi connectivity index (χ4v) is 2.13. The van der Waals surface area contributed by atoms with Gasteiger partial charge in [0.25, 0.3) is 0 Å². The first-order valence-corrected chi connectivity index (χ1v) is 6.32. The molecule has 1 amide bonds. The first-order chi connectivity index (χ1) is 8.74. The van der Waals surface area contributed by atoms with E-state index in [1.807, 2.05) is 6.07 Å². The van der Waals surface area contributed by atoms with Crippen molar-refractivity contribution in [2.75, 3.05) is 13.1 Å². The van der Waals surface area contributed by atoms with Gasteiger partial charge < -0.3 is 14.7 Å². The number of hydrogen-bond acceptors (Lipinski definition) is 4. The number of nitriles is 1. The minimum absolute atomic E-state index is 0.108. The second-order valence-electron chi connectivity index (χ2n) is 5.78. The smallest absolute Gasteiger partial charge is 0.410 e. The van der Waals surface area contributed by atoms with Crippen LogP contribution in [0.5, 0.6) is 0 Å². The molecule has 0 spiro atoms. The number of piperidine rings is 1. The van der Waals surface area contributed by atoms with E-state index in [-0.39, 0.29) is 18.9 Å². The minimum atomic E-state index is -0.964. The van der Waals surface area contributed by atoms with Gasteiger partial charge in [-0.1, -0.05) is 0 Å². The third kappa shape index (κ3) is 4.43. The summed E-state index contributed by atoms with van der Waals surface area (Å²) in [5.41, 5.74) is -0.598. The van der Waals surface area contributed by atoms with Crippen LogP contribution in [0.4, 0.5) is 4.79 Å². The molecular weight excluding hydrogens is 248 g/mol. The summed E-state index contributed by atoms with van der Waals surface area (Å²) in [6.07, 6.45) is 0.234. The van der Waals surface area contributed by atoms with E-state index in [4.69, 9.17) is 10.00 Å². The predicted molar refractivity (Wildman–Crippen MR) is 67.3 cm³/mol. The molecule has 1 rings (SSSR count). The number of likely N-dealkylation sites (tertiary alicyclic amines) is 1. The Bertz CT molecular complexity index is 394. The van der Waals surface area contributed by atoms with Crippen LogP contribution in [-0.2, 0) is 9.53 Å². The summed E-state index contributed by atoms with van der Waals surface area (Å²) in [7, 11) is 0. The van der Waals surface area contributed by atoms with Gasteiger partial charge >= 0.3 is 12.1 Å². The van der Waals surface area contributed by atoms with Crippen molar-refractivity contribution in [2.24, 2.45) is 11.8 Å². The average Bonchev–Trinajstić information content (AvgIpc) is 2.27. The minimum Gasteiger partial charge on any atom is -0.481 e. The van der Waals surface area contributed by atoms with Crippen LogP contribution in [0, 0.1) is 23.2 Å². The quantitative estimate of drug-likeness (QED) is 0.825. The first-order valence-electron chi connectivity index (χ1n) is 6.32. The Labute approximate surface area is 112 Å². The molecule has 0 aromatic heterocycles. The Hall–Kier alpha value is -1.77. The number of rotatable bonds is 2. The Morgan fingerprint density at radius 3 is 2.58 bits per heavy atom. The van der Waals surface area contributed by atoms with Crippen LogP contribution in [-0.4, -0.2) is 40.8 Å². The van der Waals surface area contributed by atoms with Gasteiger partial charge in [-0.2, -0.15) is 5.26 Å². The molecule has 2 atom stereocenters. The molecule has 19 heavy (non-hydrogen) atoms. The van der Waals surface area contributed by atoms with Crippen LogP contribution in [0.15, 0.2) is 0 Å². The fraction of sp³-hybridized carbons (Fsp3) is 0.769. The standard InChI is InChI=1S/C13H20N2O4/c1-13(2,3)19-12(18)15-7-5-9(4-6-14)10(8-15)11(16)17/h9-10H,4-5,7-8H2,1-3H3,(H,16,17)/t9-,10-/m1/s1. The van der Waals surface area contributed by atoms with Gasteiger partial charge in [0.05, 0.1) is 12.0 Å². The van der Waals surface area contributed by atoms with E-state index in [0.717, 1.165) is 0 Å². The topological polar surface area (TPSA) is 90.6 Å². The molecule has 1 fully saturated rings. The summed E-state index contributed by atoms with van der Waals surface area (Å²) in [6, 6.07) is 2.01. The predicted octanol–water partition coefficient (Wildman–Crippen LogP) is 1.86. The number of amides is 1. The zero-order valence-corrected chi connectivity index (χ0v) is 11.5. The third-order valence-corrected chi connectivity index (χ3v) is 3.08. The Morgan fingerprint density at radius 1 is 1.47 bits per heavy atom. The first kappa shape index (κ1) is 15.3. The van der Waals surface area contributed by atoms with Crippen LogP contribution in [0.1, 0.15) is 33.6 Å². The van der Waals surface area contributed by atoms with Crippen LogP contribution in [0.3, 0.4) is 0 Å². The Morgan fingerprint density at radius 2 is 2.11 bits per heavy atom. The summed E-state index contributed by atoms with van der Waals surface area (Å²) in [5, 5.41) is 17.9. The van der Waals surface area contributed by atoms with Crippen LogP contribution in [0.2, 0.25) is 0 Å². The number of nitrogens with zero attached hydrogens (tertiary/aromatic N) is 2. The van der Waals surface area contributed by atoms with E-state index in [0.29, 0.717) is 13.0 Å². The summed E-state index contributed by atoms with van der Waals surface area (Å²) in [6.45, 7) is 5.84. The second-order valence-corrected chi connectivity index (χ2v) is 5.78. The molecule has 1 N–H and O–H groups in total. The summed E-state index contributed by atoms with van der Waals surface area (Å²) >= 11 is 0. The summed E-state index contributed by atoms with van der Waals surface area (Å²) in [4.78, 5) is 24.5. The van der Waals surface area contributed by atoms with Gasteiger partial charge in [0.15, 0.2) is 0 Å². The lowest BCUT2D eigenvalue weighted by molar-refractivity contribution is -0.145. The molecule has 0 aromatic carbocycles. The molecule has 106 valence electrons. The van der Waals surface area contributed by atoms with Crippen LogP contribution in [0.25, 0.3) is 0 Å². The van der Waals surface area contributed by atoms with Crippen LogP contribution >= 0.6 is 0 Å². The van der Waals surface area contributed by atoms with E-state index in [1.54, 1.807) is 20.8 Å². The van der Waals surface area contributed by atoms with Gasteiger partial charge in [-0.25, -0.2) is 4.79 Å². The SMILES string of the molecule is CC(C)(C)OC(=O)N1CC[C@@H](CC#N)[C@H](C(=O)O)C1. The molecule has 1 heterocycles. The van der Waals surface area contributed by atoms with Crippen molar-refractivity contribution >= 4 is 12.1 Å². The van der Waals surface area contributed by atoms with Crippen molar-refractivity contribution < 1.29 is 19.4 Å². The maximum Gasteiger partial charge on any atom is 0.410 e. The molecule has 0 unspecified atom stereocenters.